The topological polar surface area (TPSA) is 92.9 Å². The maximum Gasteiger partial charge on any atom is 0.352 e. The van der Waals surface area contributed by atoms with Gasteiger partial charge >= 0.3 is 11.9 Å². The van der Waals surface area contributed by atoms with Crippen LogP contribution < -0.4 is 5.32 Å². The summed E-state index contributed by atoms with van der Waals surface area (Å²) in [4.78, 5) is 30.6. The second-order valence-corrected chi connectivity index (χ2v) is 8.60. The van der Waals surface area contributed by atoms with Crippen LogP contribution in [0.15, 0.2) is 29.1 Å². The van der Waals surface area contributed by atoms with E-state index >= 15 is 0 Å². The Hall–Kier alpha value is -2.26. The minimum Gasteiger partial charge on any atom is -0.477 e. The molecule has 1 unspecified atom stereocenters. The number of nitrogens with zero attached hydrogens (tertiary/aromatic N) is 2. The number of methoxy groups -OCH3 is 1. The molecular formula is C18H19N3O4S2. The molecule has 0 amide bonds. The molecule has 27 heavy (non-hydrogen) atoms. The van der Waals surface area contributed by atoms with Crippen LogP contribution in [0.4, 0.5) is 0 Å². The van der Waals surface area contributed by atoms with Crippen LogP contribution in [0.2, 0.25) is 0 Å². The Morgan fingerprint density at radius 1 is 1.41 bits per heavy atom. The highest BCUT2D eigenvalue weighted by Gasteiger charge is 2.27. The van der Waals surface area contributed by atoms with Crippen LogP contribution in [0, 0.1) is 0 Å². The molecular weight excluding hydrogens is 386 g/mol. The van der Waals surface area contributed by atoms with Gasteiger partial charge in [-0.25, -0.2) is 14.6 Å². The van der Waals surface area contributed by atoms with E-state index in [0.717, 1.165) is 23.5 Å². The molecule has 142 valence electrons. The van der Waals surface area contributed by atoms with Crippen molar-refractivity contribution >= 4 is 40.0 Å². The van der Waals surface area contributed by atoms with Crippen molar-refractivity contribution in [2.45, 2.75) is 37.4 Å². The average Bonchev–Trinajstić information content (AvgIpc) is 3.11. The Morgan fingerprint density at radius 3 is 3.00 bits per heavy atom. The van der Waals surface area contributed by atoms with Gasteiger partial charge in [0.05, 0.1) is 18.4 Å². The van der Waals surface area contributed by atoms with E-state index in [4.69, 9.17) is 9.72 Å². The second kappa shape index (κ2) is 7.40. The lowest BCUT2D eigenvalue weighted by Gasteiger charge is -2.14. The Bertz CT molecular complexity index is 973. The molecule has 0 aromatic carbocycles. The second-order valence-electron chi connectivity index (χ2n) is 6.46. The third-order valence-electron chi connectivity index (χ3n) is 4.74. The number of thiazole rings is 1. The molecule has 0 fully saturated rings. The van der Waals surface area contributed by atoms with Gasteiger partial charge in [-0.05, 0) is 25.7 Å². The standard InChI is InChI=1S/C18H19N3O4S2/c1-25-17(24)11-7-19-12(16(22)23)9-26-15(11)6-10-8-21-13-4-2-3-5-14(13)27-18(21)20-10/h7-9,15,19H,2-6H2,1H3,(H,22,23). The number of aliphatic carboxylic acids is 1. The fraction of sp³-hybridized carbons (Fsp3) is 0.389. The van der Waals surface area contributed by atoms with Gasteiger partial charge in [0.2, 0.25) is 0 Å². The lowest BCUT2D eigenvalue weighted by atomic mass is 10.0. The molecule has 0 saturated carbocycles. The number of esters is 1. The Balaban J connectivity index is 1.62. The smallest absolute Gasteiger partial charge is 0.352 e. The number of fused-ring (bicyclic) bond motifs is 3. The highest BCUT2D eigenvalue weighted by atomic mass is 32.2. The number of hydrogen-bond acceptors (Lipinski definition) is 7. The zero-order chi connectivity index (χ0) is 19.0. The lowest BCUT2D eigenvalue weighted by Crippen LogP contribution is -2.21. The van der Waals surface area contributed by atoms with Gasteiger partial charge in [-0.15, -0.1) is 23.1 Å². The largest absolute Gasteiger partial charge is 0.477 e. The number of carboxylic acid groups (broad SMARTS) is 1. The predicted molar refractivity (Wildman–Crippen MR) is 104 cm³/mol. The molecule has 2 N–H and O–H groups in total. The number of imidazole rings is 1. The first kappa shape index (κ1) is 18.1. The van der Waals surface area contributed by atoms with Gasteiger partial charge in [0.25, 0.3) is 0 Å². The quantitative estimate of drug-likeness (QED) is 0.755. The third kappa shape index (κ3) is 3.49. The van der Waals surface area contributed by atoms with Gasteiger partial charge in [0, 0.05) is 40.0 Å². The predicted octanol–water partition coefficient (Wildman–Crippen LogP) is 2.51. The minimum atomic E-state index is -1.07. The molecule has 9 heteroatoms. The number of carbonyl (C=O) groups is 2. The number of nitrogens with one attached hydrogen (secondary N) is 1. The molecule has 0 radical (unpaired) electrons. The van der Waals surface area contributed by atoms with E-state index in [9.17, 15) is 14.7 Å². The summed E-state index contributed by atoms with van der Waals surface area (Å²) < 4.78 is 7.05. The van der Waals surface area contributed by atoms with Crippen molar-refractivity contribution in [3.05, 3.63) is 45.3 Å². The third-order valence-corrected chi connectivity index (χ3v) is 7.02. The summed E-state index contributed by atoms with van der Waals surface area (Å²) in [6, 6.07) is 0. The van der Waals surface area contributed by atoms with Crippen molar-refractivity contribution in [2.75, 3.05) is 7.11 Å². The summed E-state index contributed by atoms with van der Waals surface area (Å²) in [7, 11) is 1.32. The highest BCUT2D eigenvalue weighted by Crippen LogP contribution is 2.32. The summed E-state index contributed by atoms with van der Waals surface area (Å²) >= 11 is 3.03. The summed E-state index contributed by atoms with van der Waals surface area (Å²) in [5, 5.41) is 13.1. The van der Waals surface area contributed by atoms with Crippen molar-refractivity contribution in [3.8, 4) is 0 Å². The molecule has 1 aliphatic heterocycles. The average molecular weight is 406 g/mol. The molecule has 1 atom stereocenters. The number of rotatable bonds is 4. The van der Waals surface area contributed by atoms with Gasteiger partial charge in [0.15, 0.2) is 4.96 Å². The first-order valence-corrected chi connectivity index (χ1v) is 10.4. The van der Waals surface area contributed by atoms with Crippen molar-refractivity contribution < 1.29 is 19.4 Å². The Labute approximate surface area is 164 Å². The van der Waals surface area contributed by atoms with Gasteiger partial charge in [-0.2, -0.15) is 0 Å². The van der Waals surface area contributed by atoms with Gasteiger partial charge in [0.1, 0.15) is 5.70 Å². The maximum absolute atomic E-state index is 12.2. The number of ether oxygens (including phenoxy) is 1. The van der Waals surface area contributed by atoms with E-state index in [2.05, 4.69) is 9.72 Å². The van der Waals surface area contributed by atoms with E-state index in [-0.39, 0.29) is 10.9 Å². The van der Waals surface area contributed by atoms with E-state index < -0.39 is 11.9 Å². The van der Waals surface area contributed by atoms with Crippen LogP contribution in [0.1, 0.15) is 29.1 Å². The maximum atomic E-state index is 12.2. The summed E-state index contributed by atoms with van der Waals surface area (Å²) in [5.41, 5.74) is 2.67. The molecule has 2 aliphatic rings. The minimum absolute atomic E-state index is 0.0313. The van der Waals surface area contributed by atoms with Crippen molar-refractivity contribution in [1.29, 1.82) is 0 Å². The van der Waals surface area contributed by atoms with E-state index in [1.807, 2.05) is 6.20 Å². The zero-order valence-electron chi connectivity index (χ0n) is 14.7. The van der Waals surface area contributed by atoms with Crippen molar-refractivity contribution in [3.63, 3.8) is 0 Å². The molecule has 2 aromatic heterocycles. The SMILES string of the molecule is COC(=O)C1=CNC(C(=O)O)=CSC1Cc1cn2c3c(sc2n1)CCCC3. The van der Waals surface area contributed by atoms with E-state index in [0.29, 0.717) is 12.0 Å². The molecule has 0 spiro atoms. The van der Waals surface area contributed by atoms with Gasteiger partial charge < -0.3 is 15.2 Å². The first-order valence-electron chi connectivity index (χ1n) is 8.69. The summed E-state index contributed by atoms with van der Waals surface area (Å²) in [5.74, 6) is -1.55. The zero-order valence-corrected chi connectivity index (χ0v) is 16.4. The van der Waals surface area contributed by atoms with E-state index in [1.54, 1.807) is 11.3 Å². The normalized spacial score (nSPS) is 19.5. The van der Waals surface area contributed by atoms with Crippen LogP contribution in [-0.4, -0.2) is 38.8 Å². The summed E-state index contributed by atoms with van der Waals surface area (Å²) in [6.07, 6.45) is 8.63. The molecule has 2 aromatic rings. The first-order chi connectivity index (χ1) is 13.1. The fourth-order valence-electron chi connectivity index (χ4n) is 3.38. The van der Waals surface area contributed by atoms with Gasteiger partial charge in [-0.1, -0.05) is 0 Å². The van der Waals surface area contributed by atoms with Crippen LogP contribution in [0.5, 0.6) is 0 Å². The molecule has 7 nitrogen and oxygen atoms in total. The number of aryl methyl sites for hydroxylation is 2. The molecule has 0 bridgehead atoms. The number of aromatic nitrogens is 2. The van der Waals surface area contributed by atoms with Crippen molar-refractivity contribution in [1.82, 2.24) is 14.7 Å². The Morgan fingerprint density at radius 2 is 2.22 bits per heavy atom. The van der Waals surface area contributed by atoms with Crippen LogP contribution >= 0.6 is 23.1 Å². The number of carbonyl (C=O) groups excluding carboxylic acids is 1. The number of carboxylic acids is 1. The van der Waals surface area contributed by atoms with Crippen LogP contribution in [0.3, 0.4) is 0 Å². The monoisotopic (exact) mass is 405 g/mol. The number of thioether (sulfide) groups is 1. The molecule has 4 rings (SSSR count). The lowest BCUT2D eigenvalue weighted by molar-refractivity contribution is -0.136. The van der Waals surface area contributed by atoms with Crippen LogP contribution in [0.25, 0.3) is 4.96 Å². The van der Waals surface area contributed by atoms with Crippen molar-refractivity contribution in [2.24, 2.45) is 0 Å². The van der Waals surface area contributed by atoms with Gasteiger partial charge in [-0.3, -0.25) is 4.40 Å². The van der Waals surface area contributed by atoms with Crippen LogP contribution in [-0.2, 0) is 33.6 Å². The van der Waals surface area contributed by atoms with E-state index in [1.165, 1.54) is 53.9 Å². The molecule has 1 aliphatic carbocycles. The fourth-order valence-corrected chi connectivity index (χ4v) is 5.64. The highest BCUT2D eigenvalue weighted by molar-refractivity contribution is 8.03. The summed E-state index contributed by atoms with van der Waals surface area (Å²) in [6.45, 7) is 0. The molecule has 3 heterocycles. The Kier molecular flexibility index (Phi) is 4.96. The number of hydrogen-bond donors (Lipinski definition) is 2. The molecule has 0 saturated heterocycles.